The Morgan fingerprint density at radius 3 is 2.53 bits per heavy atom. The van der Waals surface area contributed by atoms with Crippen LogP contribution in [0.5, 0.6) is 0 Å². The maximum absolute atomic E-state index is 11.8. The molecular formula is C12H10ClNO3. The average Bonchev–Trinajstić information content (AvgIpc) is 2.35. The predicted octanol–water partition coefficient (Wildman–Crippen LogP) is 2.15. The number of esters is 1. The number of nitriles is 1. The fraction of sp³-hybridized carbons (Fsp3) is 0.250. The van der Waals surface area contributed by atoms with Crippen LogP contribution in [0.3, 0.4) is 0 Å². The van der Waals surface area contributed by atoms with Crippen molar-refractivity contribution in [2.45, 2.75) is 12.3 Å². The van der Waals surface area contributed by atoms with Gasteiger partial charge in [0.2, 0.25) is 0 Å². The second-order valence-electron chi connectivity index (χ2n) is 3.34. The van der Waals surface area contributed by atoms with Crippen LogP contribution in [0.4, 0.5) is 0 Å². The van der Waals surface area contributed by atoms with E-state index in [1.54, 1.807) is 0 Å². The zero-order valence-corrected chi connectivity index (χ0v) is 10.1. The maximum atomic E-state index is 11.8. The molecule has 0 aromatic heterocycles. The van der Waals surface area contributed by atoms with Gasteiger partial charge in [0.15, 0.2) is 5.78 Å². The lowest BCUT2D eigenvalue weighted by Crippen LogP contribution is -2.16. The Labute approximate surface area is 104 Å². The average molecular weight is 252 g/mol. The Bertz CT molecular complexity index is 503. The summed E-state index contributed by atoms with van der Waals surface area (Å²) in [4.78, 5) is 23.3. The number of hydrogen-bond acceptors (Lipinski definition) is 4. The molecule has 5 heteroatoms. The molecule has 0 amide bonds. The molecule has 4 nitrogen and oxygen atoms in total. The predicted molar refractivity (Wildman–Crippen MR) is 62.1 cm³/mol. The Morgan fingerprint density at radius 2 is 2.06 bits per heavy atom. The number of Topliss-reactive ketones (excluding diaryl/α,β-unsaturated/α-hetero) is 1. The number of alkyl halides is 1. The summed E-state index contributed by atoms with van der Waals surface area (Å²) in [7, 11) is 1.21. The zero-order chi connectivity index (χ0) is 13.0. The summed E-state index contributed by atoms with van der Waals surface area (Å²) in [6.07, 6.45) is 0. The molecule has 1 unspecified atom stereocenters. The monoisotopic (exact) mass is 251 g/mol. The topological polar surface area (TPSA) is 67.2 Å². The molecule has 1 aromatic rings. The summed E-state index contributed by atoms with van der Waals surface area (Å²) in [6, 6.07) is 6.07. The smallest absolute Gasteiger partial charge is 0.338 e. The van der Waals surface area contributed by atoms with Crippen LogP contribution in [-0.2, 0) is 4.74 Å². The van der Waals surface area contributed by atoms with E-state index in [4.69, 9.17) is 16.9 Å². The van der Waals surface area contributed by atoms with E-state index < -0.39 is 11.3 Å². The van der Waals surface area contributed by atoms with Crippen LogP contribution in [-0.4, -0.2) is 24.2 Å². The van der Waals surface area contributed by atoms with Gasteiger partial charge < -0.3 is 4.74 Å². The van der Waals surface area contributed by atoms with Crippen LogP contribution in [0.15, 0.2) is 18.2 Å². The Balaban J connectivity index is 3.36. The fourth-order valence-corrected chi connectivity index (χ4v) is 1.44. The van der Waals surface area contributed by atoms with Gasteiger partial charge in [-0.2, -0.15) is 5.26 Å². The lowest BCUT2D eigenvalue weighted by molar-refractivity contribution is 0.0597. The van der Waals surface area contributed by atoms with Crippen LogP contribution < -0.4 is 0 Å². The first kappa shape index (κ1) is 13.2. The summed E-state index contributed by atoms with van der Waals surface area (Å²) in [6.45, 7) is 1.52. The molecule has 0 bridgehead atoms. The van der Waals surface area contributed by atoms with Gasteiger partial charge in [-0.3, -0.25) is 4.79 Å². The van der Waals surface area contributed by atoms with Crippen molar-refractivity contribution in [1.82, 2.24) is 0 Å². The highest BCUT2D eigenvalue weighted by Gasteiger charge is 2.21. The lowest BCUT2D eigenvalue weighted by atomic mass is 9.99. The molecular weight excluding hydrogens is 242 g/mol. The fourth-order valence-electron chi connectivity index (χ4n) is 1.32. The summed E-state index contributed by atoms with van der Waals surface area (Å²) in [5.74, 6) is -1.04. The second kappa shape index (κ2) is 5.46. The minimum Gasteiger partial charge on any atom is -0.465 e. The maximum Gasteiger partial charge on any atom is 0.338 e. The van der Waals surface area contributed by atoms with Gasteiger partial charge in [-0.25, -0.2) is 4.79 Å². The number of ketones is 1. The normalized spacial score (nSPS) is 11.4. The van der Waals surface area contributed by atoms with Crippen molar-refractivity contribution in [3.8, 4) is 6.07 Å². The van der Waals surface area contributed by atoms with Crippen LogP contribution in [0.25, 0.3) is 0 Å². The summed E-state index contributed by atoms with van der Waals surface area (Å²) in [5, 5.41) is 8.00. The third kappa shape index (κ3) is 2.83. The van der Waals surface area contributed by atoms with Crippen molar-refractivity contribution in [2.24, 2.45) is 0 Å². The van der Waals surface area contributed by atoms with Gasteiger partial charge >= 0.3 is 5.97 Å². The zero-order valence-electron chi connectivity index (χ0n) is 9.36. The number of rotatable bonds is 3. The summed E-state index contributed by atoms with van der Waals surface area (Å²) >= 11 is 5.69. The molecule has 17 heavy (non-hydrogen) atoms. The first-order chi connectivity index (χ1) is 8.01. The van der Waals surface area contributed by atoms with Crippen molar-refractivity contribution in [3.05, 3.63) is 34.9 Å². The minimum absolute atomic E-state index is 0.0593. The van der Waals surface area contributed by atoms with Crippen molar-refractivity contribution in [2.75, 3.05) is 7.11 Å². The molecule has 0 saturated carbocycles. The van der Waals surface area contributed by atoms with Crippen LogP contribution in [0.2, 0.25) is 0 Å². The van der Waals surface area contributed by atoms with Crippen molar-refractivity contribution in [1.29, 1.82) is 5.26 Å². The van der Waals surface area contributed by atoms with Crippen LogP contribution >= 0.6 is 11.6 Å². The molecule has 88 valence electrons. The molecule has 0 aliphatic heterocycles. The summed E-state index contributed by atoms with van der Waals surface area (Å²) in [5.41, 5.74) is 0.506. The Hall–Kier alpha value is -1.86. The number of benzene rings is 1. The lowest BCUT2D eigenvalue weighted by Gasteiger charge is -2.08. The van der Waals surface area contributed by atoms with E-state index >= 15 is 0 Å². The molecule has 0 heterocycles. The molecule has 0 saturated heterocycles. The van der Waals surface area contributed by atoms with Crippen molar-refractivity contribution < 1.29 is 14.3 Å². The SMILES string of the molecule is COC(=O)c1cc(C#N)ccc1C(=O)C(C)Cl. The number of carbonyl (C=O) groups excluding carboxylic acids is 2. The van der Waals surface area contributed by atoms with E-state index in [0.29, 0.717) is 0 Å². The highest BCUT2D eigenvalue weighted by atomic mass is 35.5. The molecule has 1 aromatic carbocycles. The molecule has 1 rings (SSSR count). The second-order valence-corrected chi connectivity index (χ2v) is 4.00. The molecule has 0 spiro atoms. The first-order valence-corrected chi connectivity index (χ1v) is 5.25. The minimum atomic E-state index is -0.744. The molecule has 0 radical (unpaired) electrons. The van der Waals surface area contributed by atoms with Crippen molar-refractivity contribution >= 4 is 23.4 Å². The van der Waals surface area contributed by atoms with Gasteiger partial charge in [0, 0.05) is 5.56 Å². The number of methoxy groups -OCH3 is 1. The van der Waals surface area contributed by atoms with E-state index in [0.717, 1.165) is 0 Å². The Kier molecular flexibility index (Phi) is 4.24. The van der Waals surface area contributed by atoms with E-state index in [-0.39, 0.29) is 22.5 Å². The van der Waals surface area contributed by atoms with E-state index in [2.05, 4.69) is 4.74 Å². The highest BCUT2D eigenvalue weighted by molar-refractivity contribution is 6.34. The van der Waals surface area contributed by atoms with E-state index in [9.17, 15) is 9.59 Å². The van der Waals surface area contributed by atoms with Gasteiger partial charge in [0.1, 0.15) is 0 Å². The number of nitrogens with zero attached hydrogens (tertiary/aromatic N) is 1. The molecule has 0 aliphatic carbocycles. The van der Waals surface area contributed by atoms with Crippen LogP contribution in [0.1, 0.15) is 33.2 Å². The van der Waals surface area contributed by atoms with Gasteiger partial charge in [-0.15, -0.1) is 11.6 Å². The van der Waals surface area contributed by atoms with E-state index in [1.165, 1.54) is 32.2 Å². The van der Waals surface area contributed by atoms with Gasteiger partial charge in [0.05, 0.1) is 29.7 Å². The number of halogens is 1. The number of hydrogen-bond donors (Lipinski definition) is 0. The van der Waals surface area contributed by atoms with Gasteiger partial charge in [-0.05, 0) is 25.1 Å². The highest BCUT2D eigenvalue weighted by Crippen LogP contribution is 2.17. The third-order valence-corrected chi connectivity index (χ3v) is 2.38. The molecule has 0 aliphatic rings. The Morgan fingerprint density at radius 1 is 1.41 bits per heavy atom. The largest absolute Gasteiger partial charge is 0.465 e. The van der Waals surface area contributed by atoms with E-state index in [1.807, 2.05) is 6.07 Å². The first-order valence-electron chi connectivity index (χ1n) is 4.82. The molecule has 1 atom stereocenters. The molecule has 0 fully saturated rings. The standard InChI is InChI=1S/C12H10ClNO3/c1-7(13)11(15)9-4-3-8(6-14)5-10(9)12(16)17-2/h3-5,7H,1-2H3. The van der Waals surface area contributed by atoms with Gasteiger partial charge in [-0.1, -0.05) is 0 Å². The third-order valence-electron chi connectivity index (χ3n) is 2.18. The van der Waals surface area contributed by atoms with Crippen molar-refractivity contribution in [3.63, 3.8) is 0 Å². The summed E-state index contributed by atoms with van der Waals surface area (Å²) < 4.78 is 4.56. The number of ether oxygens (including phenoxy) is 1. The number of carbonyl (C=O) groups is 2. The quantitative estimate of drug-likeness (QED) is 0.469. The van der Waals surface area contributed by atoms with Crippen LogP contribution in [0, 0.1) is 11.3 Å². The molecule has 0 N–H and O–H groups in total. The van der Waals surface area contributed by atoms with Gasteiger partial charge in [0.25, 0.3) is 0 Å².